The third-order valence-corrected chi connectivity index (χ3v) is 6.35. The van der Waals surface area contributed by atoms with Gasteiger partial charge in [-0.1, -0.05) is 24.3 Å². The van der Waals surface area contributed by atoms with E-state index in [2.05, 4.69) is 22.4 Å². The molecule has 2 aliphatic rings. The largest absolute Gasteiger partial charge is 0.444 e. The number of aryl methyl sites for hydroxylation is 1. The molecule has 36 heavy (non-hydrogen) atoms. The van der Waals surface area contributed by atoms with Gasteiger partial charge in [-0.15, -0.1) is 0 Å². The van der Waals surface area contributed by atoms with Gasteiger partial charge in [-0.25, -0.2) is 9.78 Å². The number of carbonyl (C=O) groups is 2. The molecule has 1 aromatic carbocycles. The fourth-order valence-electron chi connectivity index (χ4n) is 4.49. The van der Waals surface area contributed by atoms with Crippen molar-refractivity contribution in [2.24, 2.45) is 0 Å². The van der Waals surface area contributed by atoms with Crippen molar-refractivity contribution < 1.29 is 19.4 Å². The Morgan fingerprint density at radius 3 is 2.64 bits per heavy atom. The molecule has 0 saturated carbocycles. The zero-order valence-electron chi connectivity index (χ0n) is 21.4. The number of fused-ring (bicyclic) bond motifs is 2. The van der Waals surface area contributed by atoms with Gasteiger partial charge in [-0.2, -0.15) is 0 Å². The number of aliphatic hydroxyl groups excluding tert-OH is 1. The summed E-state index contributed by atoms with van der Waals surface area (Å²) in [5.74, 6) is 0.607. The number of hydrogen-bond acceptors (Lipinski definition) is 6. The van der Waals surface area contributed by atoms with Gasteiger partial charge in [0.1, 0.15) is 17.6 Å². The van der Waals surface area contributed by atoms with Gasteiger partial charge in [0.05, 0.1) is 0 Å². The highest BCUT2D eigenvalue weighted by molar-refractivity contribution is 5.92. The number of nitrogens with zero attached hydrogens (tertiary/aromatic N) is 3. The Labute approximate surface area is 213 Å². The van der Waals surface area contributed by atoms with Gasteiger partial charge in [0.15, 0.2) is 0 Å². The monoisotopic (exact) mass is 492 g/mol. The second-order valence-corrected chi connectivity index (χ2v) is 10.4. The predicted molar refractivity (Wildman–Crippen MR) is 139 cm³/mol. The normalized spacial score (nSPS) is 18.7. The van der Waals surface area contributed by atoms with Crippen LogP contribution in [0.1, 0.15) is 55.9 Å². The van der Waals surface area contributed by atoms with Crippen LogP contribution < -0.4 is 5.32 Å². The van der Waals surface area contributed by atoms with Gasteiger partial charge in [-0.3, -0.25) is 4.79 Å². The average molecular weight is 493 g/mol. The second-order valence-electron chi connectivity index (χ2n) is 10.4. The van der Waals surface area contributed by atoms with Crippen LogP contribution in [-0.4, -0.2) is 63.4 Å². The zero-order chi connectivity index (χ0) is 25.7. The summed E-state index contributed by atoms with van der Waals surface area (Å²) >= 11 is 0. The molecular formula is C28H36N4O4. The minimum Gasteiger partial charge on any atom is -0.444 e. The highest BCUT2D eigenvalue weighted by Crippen LogP contribution is 2.22. The maximum Gasteiger partial charge on any atom is 0.410 e. The van der Waals surface area contributed by atoms with Gasteiger partial charge >= 0.3 is 6.09 Å². The highest BCUT2D eigenvalue weighted by atomic mass is 16.6. The maximum atomic E-state index is 12.8. The van der Waals surface area contributed by atoms with Crippen LogP contribution in [0.4, 0.5) is 10.6 Å². The molecule has 0 radical (unpaired) electrons. The van der Waals surface area contributed by atoms with E-state index in [9.17, 15) is 14.7 Å². The lowest BCUT2D eigenvalue weighted by molar-refractivity contribution is -0.126. The smallest absolute Gasteiger partial charge is 0.410 e. The second kappa shape index (κ2) is 11.1. The summed E-state index contributed by atoms with van der Waals surface area (Å²) in [6, 6.07) is 10.2. The van der Waals surface area contributed by atoms with Crippen LogP contribution in [0.3, 0.4) is 0 Å². The molecule has 192 valence electrons. The number of anilines is 1. The number of rotatable bonds is 2. The number of amides is 2. The molecule has 1 unspecified atom stereocenters. The van der Waals surface area contributed by atoms with Gasteiger partial charge < -0.3 is 25.0 Å². The molecule has 2 N–H and O–H groups in total. The molecule has 0 saturated heterocycles. The number of pyridine rings is 1. The third-order valence-electron chi connectivity index (χ3n) is 6.35. The fraction of sp³-hybridized carbons (Fsp3) is 0.464. The van der Waals surface area contributed by atoms with Crippen molar-refractivity contribution in [1.29, 1.82) is 0 Å². The van der Waals surface area contributed by atoms with E-state index in [0.29, 0.717) is 44.8 Å². The van der Waals surface area contributed by atoms with Crippen molar-refractivity contribution in [3.05, 3.63) is 64.9 Å². The number of aromatic nitrogens is 1. The quantitative estimate of drug-likeness (QED) is 0.616. The molecule has 4 rings (SSSR count). The summed E-state index contributed by atoms with van der Waals surface area (Å²) in [5, 5.41) is 13.5. The van der Waals surface area contributed by atoms with Crippen LogP contribution in [0.15, 0.2) is 42.6 Å². The minimum atomic E-state index is -0.843. The highest BCUT2D eigenvalue weighted by Gasteiger charge is 2.24. The van der Waals surface area contributed by atoms with Crippen LogP contribution in [0.2, 0.25) is 0 Å². The Balaban J connectivity index is 1.42. The standard InChI is InChI=1S/C28H36N4O4/c1-28(2,3)36-27(35)31-14-6-9-22-17-20(18-29-26(22)30-24(33)13-16-31)10-11-25(34)32-15-12-21-7-4-5-8-23(21)19-32/h4-5,7-8,10-11,17-18,24,33H,6,9,12-16,19H2,1-3H3,(H,29,30). The number of ether oxygens (including phenoxy) is 1. The molecule has 0 aliphatic carbocycles. The molecule has 3 heterocycles. The van der Waals surface area contributed by atoms with E-state index in [1.807, 2.05) is 43.9 Å². The first-order valence-electron chi connectivity index (χ1n) is 12.6. The molecule has 2 aliphatic heterocycles. The summed E-state index contributed by atoms with van der Waals surface area (Å²) < 4.78 is 5.52. The number of nitrogens with one attached hydrogen (secondary N) is 1. The number of aliphatic hydroxyl groups is 1. The lowest BCUT2D eigenvalue weighted by Gasteiger charge is -2.29. The average Bonchev–Trinajstić information content (AvgIpc) is 2.84. The number of hydrogen-bond donors (Lipinski definition) is 2. The third kappa shape index (κ3) is 6.85. The Kier molecular flexibility index (Phi) is 7.94. The maximum absolute atomic E-state index is 12.8. The predicted octanol–water partition coefficient (Wildman–Crippen LogP) is 3.98. The molecule has 2 amide bonds. The van der Waals surface area contributed by atoms with Gasteiger partial charge in [-0.05, 0) is 74.4 Å². The van der Waals surface area contributed by atoms with Crippen molar-refractivity contribution in [2.45, 2.75) is 64.8 Å². The van der Waals surface area contributed by atoms with E-state index in [1.165, 1.54) is 11.1 Å². The van der Waals surface area contributed by atoms with Crippen LogP contribution in [0, 0.1) is 0 Å². The summed E-state index contributed by atoms with van der Waals surface area (Å²) in [6.07, 6.45) is 6.49. The summed E-state index contributed by atoms with van der Waals surface area (Å²) in [7, 11) is 0. The van der Waals surface area contributed by atoms with Crippen molar-refractivity contribution >= 4 is 23.9 Å². The topological polar surface area (TPSA) is 95.0 Å². The van der Waals surface area contributed by atoms with E-state index >= 15 is 0 Å². The van der Waals surface area contributed by atoms with Gasteiger partial charge in [0.25, 0.3) is 0 Å². The van der Waals surface area contributed by atoms with Gasteiger partial charge in [0, 0.05) is 44.9 Å². The van der Waals surface area contributed by atoms with Crippen LogP contribution in [0.25, 0.3) is 6.08 Å². The van der Waals surface area contributed by atoms with E-state index in [1.54, 1.807) is 23.2 Å². The van der Waals surface area contributed by atoms with E-state index in [0.717, 1.165) is 24.0 Å². The van der Waals surface area contributed by atoms with Crippen LogP contribution in [0.5, 0.6) is 0 Å². The Morgan fingerprint density at radius 2 is 1.86 bits per heavy atom. The zero-order valence-corrected chi connectivity index (χ0v) is 21.4. The SMILES string of the molecule is CC(C)(C)OC(=O)N1CCCc2cc(C=CC(=O)N3CCc4ccccc4C3)cnc2NC(O)CC1. The van der Waals surface area contributed by atoms with E-state index in [-0.39, 0.29) is 12.0 Å². The number of benzene rings is 1. The molecule has 0 spiro atoms. The Bertz CT molecular complexity index is 1120. The van der Waals surface area contributed by atoms with Crippen molar-refractivity contribution in [3.8, 4) is 0 Å². The number of carbonyl (C=O) groups excluding carboxylic acids is 2. The lowest BCUT2D eigenvalue weighted by atomic mass is 10.00. The molecular weight excluding hydrogens is 456 g/mol. The first-order chi connectivity index (χ1) is 17.2. The Hall–Kier alpha value is -3.39. The summed E-state index contributed by atoms with van der Waals surface area (Å²) in [4.78, 5) is 33.4. The molecule has 8 heteroatoms. The van der Waals surface area contributed by atoms with E-state index < -0.39 is 11.8 Å². The van der Waals surface area contributed by atoms with Crippen molar-refractivity contribution in [2.75, 3.05) is 25.0 Å². The van der Waals surface area contributed by atoms with Crippen LogP contribution in [-0.2, 0) is 28.9 Å². The van der Waals surface area contributed by atoms with Crippen LogP contribution >= 0.6 is 0 Å². The molecule has 2 aromatic rings. The first kappa shape index (κ1) is 25.7. The molecule has 1 aromatic heterocycles. The fourth-order valence-corrected chi connectivity index (χ4v) is 4.49. The van der Waals surface area contributed by atoms with E-state index in [4.69, 9.17) is 4.74 Å². The molecule has 1 atom stereocenters. The molecule has 0 fully saturated rings. The first-order valence-corrected chi connectivity index (χ1v) is 12.6. The van der Waals surface area contributed by atoms with Crippen molar-refractivity contribution in [1.82, 2.24) is 14.8 Å². The Morgan fingerprint density at radius 1 is 1.08 bits per heavy atom. The minimum absolute atomic E-state index is 0.0221. The lowest BCUT2D eigenvalue weighted by Crippen LogP contribution is -2.40. The molecule has 0 bridgehead atoms. The molecule has 8 nitrogen and oxygen atoms in total. The van der Waals surface area contributed by atoms with Crippen molar-refractivity contribution in [3.63, 3.8) is 0 Å². The van der Waals surface area contributed by atoms with Gasteiger partial charge in [0.2, 0.25) is 5.91 Å². The summed E-state index contributed by atoms with van der Waals surface area (Å²) in [6.45, 7) is 7.77. The summed E-state index contributed by atoms with van der Waals surface area (Å²) in [5.41, 5.74) is 3.68.